The lowest BCUT2D eigenvalue weighted by Gasteiger charge is -2.18. The molecule has 0 heterocycles. The number of hydrogen-bond donors (Lipinski definition) is 1. The number of carbonyl (C=O) groups is 2. The molecule has 0 aromatic heterocycles. The minimum Gasteiger partial charge on any atom is -0.482 e. The molecule has 2 aromatic carbocycles. The molecule has 0 saturated carbocycles. The van der Waals surface area contributed by atoms with Crippen molar-refractivity contribution in [2.75, 3.05) is 13.7 Å². The summed E-state index contributed by atoms with van der Waals surface area (Å²) in [5, 5.41) is 8.60. The van der Waals surface area contributed by atoms with Gasteiger partial charge in [0.2, 0.25) is 5.91 Å². The van der Waals surface area contributed by atoms with E-state index in [9.17, 15) is 9.59 Å². The van der Waals surface area contributed by atoms with E-state index in [0.717, 1.165) is 22.3 Å². The van der Waals surface area contributed by atoms with Crippen molar-refractivity contribution >= 4 is 11.9 Å². The maximum atomic E-state index is 12.5. The van der Waals surface area contributed by atoms with Crippen LogP contribution in [0.5, 0.6) is 5.75 Å². The van der Waals surface area contributed by atoms with Gasteiger partial charge in [-0.15, -0.1) is 0 Å². The first kappa shape index (κ1) is 18.5. The van der Waals surface area contributed by atoms with E-state index in [1.54, 1.807) is 24.1 Å². The van der Waals surface area contributed by atoms with Gasteiger partial charge in [0.1, 0.15) is 5.75 Å². The van der Waals surface area contributed by atoms with Gasteiger partial charge in [-0.2, -0.15) is 0 Å². The molecule has 1 N–H and O–H groups in total. The topological polar surface area (TPSA) is 66.8 Å². The first-order valence-electron chi connectivity index (χ1n) is 8.09. The van der Waals surface area contributed by atoms with Crippen LogP contribution < -0.4 is 4.74 Å². The fourth-order valence-electron chi connectivity index (χ4n) is 2.49. The Balaban J connectivity index is 1.94. The van der Waals surface area contributed by atoms with E-state index in [4.69, 9.17) is 9.84 Å². The molecular formula is C20H23NO4. The standard InChI is InChI=1S/C20H23NO4/c1-14-4-5-15(2)17(10-14)11-19(22)21(3)12-16-6-8-18(9-7-16)25-13-20(23)24/h4-10H,11-13H2,1-3H3,(H,23,24). The molecule has 0 atom stereocenters. The van der Waals surface area contributed by atoms with Gasteiger partial charge in [0, 0.05) is 13.6 Å². The highest BCUT2D eigenvalue weighted by molar-refractivity contribution is 5.79. The molecule has 1 amide bonds. The van der Waals surface area contributed by atoms with Crippen LogP contribution in [-0.4, -0.2) is 35.5 Å². The van der Waals surface area contributed by atoms with Crippen molar-refractivity contribution in [3.05, 3.63) is 64.7 Å². The van der Waals surface area contributed by atoms with Gasteiger partial charge < -0.3 is 14.7 Å². The lowest BCUT2D eigenvalue weighted by molar-refractivity contribution is -0.139. The van der Waals surface area contributed by atoms with Gasteiger partial charge in [0.15, 0.2) is 6.61 Å². The minimum absolute atomic E-state index is 0.0555. The van der Waals surface area contributed by atoms with Gasteiger partial charge in [-0.3, -0.25) is 4.79 Å². The predicted octanol–water partition coefficient (Wildman–Crippen LogP) is 2.97. The van der Waals surface area contributed by atoms with E-state index in [2.05, 4.69) is 6.07 Å². The molecule has 132 valence electrons. The predicted molar refractivity (Wildman–Crippen MR) is 95.7 cm³/mol. The van der Waals surface area contributed by atoms with Crippen LogP contribution in [0, 0.1) is 13.8 Å². The maximum Gasteiger partial charge on any atom is 0.341 e. The normalized spacial score (nSPS) is 10.4. The van der Waals surface area contributed by atoms with Crippen molar-refractivity contribution in [2.24, 2.45) is 0 Å². The lowest BCUT2D eigenvalue weighted by Crippen LogP contribution is -2.28. The molecule has 0 aliphatic carbocycles. The SMILES string of the molecule is Cc1ccc(C)c(CC(=O)N(C)Cc2ccc(OCC(=O)O)cc2)c1. The van der Waals surface area contributed by atoms with Crippen LogP contribution >= 0.6 is 0 Å². The summed E-state index contributed by atoms with van der Waals surface area (Å²) >= 11 is 0. The van der Waals surface area contributed by atoms with Gasteiger partial charge in [0.05, 0.1) is 6.42 Å². The summed E-state index contributed by atoms with van der Waals surface area (Å²) in [5.74, 6) is -0.462. The Bertz CT molecular complexity index is 753. The third-order valence-corrected chi connectivity index (χ3v) is 3.98. The molecule has 0 saturated heterocycles. The number of likely N-dealkylation sites (N-methyl/N-ethyl adjacent to an activating group) is 1. The monoisotopic (exact) mass is 341 g/mol. The van der Waals surface area contributed by atoms with E-state index >= 15 is 0 Å². The number of amides is 1. The van der Waals surface area contributed by atoms with E-state index in [1.165, 1.54) is 0 Å². The summed E-state index contributed by atoms with van der Waals surface area (Å²) in [6.07, 6.45) is 0.379. The average Bonchev–Trinajstić information content (AvgIpc) is 2.57. The van der Waals surface area contributed by atoms with Gasteiger partial charge in [-0.25, -0.2) is 4.79 Å². The molecular weight excluding hydrogens is 318 g/mol. The Labute approximate surface area is 147 Å². The van der Waals surface area contributed by atoms with Crippen LogP contribution in [0.25, 0.3) is 0 Å². The smallest absolute Gasteiger partial charge is 0.341 e. The third-order valence-electron chi connectivity index (χ3n) is 3.98. The van der Waals surface area contributed by atoms with Crippen LogP contribution in [-0.2, 0) is 22.6 Å². The molecule has 0 unspecified atom stereocenters. The summed E-state index contributed by atoms with van der Waals surface area (Å²) < 4.78 is 5.10. The average molecular weight is 341 g/mol. The maximum absolute atomic E-state index is 12.5. The molecule has 0 spiro atoms. The first-order valence-corrected chi connectivity index (χ1v) is 8.09. The van der Waals surface area contributed by atoms with Gasteiger partial charge in [-0.05, 0) is 42.7 Å². The van der Waals surface area contributed by atoms with Crippen molar-refractivity contribution in [1.29, 1.82) is 0 Å². The number of nitrogens with zero attached hydrogens (tertiary/aromatic N) is 1. The minimum atomic E-state index is -1.01. The van der Waals surface area contributed by atoms with Crippen molar-refractivity contribution in [3.63, 3.8) is 0 Å². The summed E-state index contributed by atoms with van der Waals surface area (Å²) in [6, 6.07) is 13.2. The van der Waals surface area contributed by atoms with Gasteiger partial charge >= 0.3 is 5.97 Å². The Morgan fingerprint density at radius 3 is 2.40 bits per heavy atom. The molecule has 0 radical (unpaired) electrons. The molecule has 25 heavy (non-hydrogen) atoms. The highest BCUT2D eigenvalue weighted by Gasteiger charge is 2.12. The molecule has 2 rings (SSSR count). The third kappa shape index (κ3) is 5.64. The quantitative estimate of drug-likeness (QED) is 0.841. The molecule has 0 aliphatic rings. The number of aryl methyl sites for hydroxylation is 2. The van der Waals surface area contributed by atoms with Crippen LogP contribution in [0.1, 0.15) is 22.3 Å². The molecule has 0 bridgehead atoms. The fraction of sp³-hybridized carbons (Fsp3) is 0.300. The Kier molecular flexibility index (Phi) is 6.17. The zero-order chi connectivity index (χ0) is 18.4. The van der Waals surface area contributed by atoms with E-state index in [0.29, 0.717) is 18.7 Å². The zero-order valence-corrected chi connectivity index (χ0v) is 14.8. The Morgan fingerprint density at radius 2 is 1.76 bits per heavy atom. The van der Waals surface area contributed by atoms with Gasteiger partial charge in [-0.1, -0.05) is 35.9 Å². The second-order valence-electron chi connectivity index (χ2n) is 6.18. The molecule has 0 fully saturated rings. The van der Waals surface area contributed by atoms with Crippen LogP contribution in [0.15, 0.2) is 42.5 Å². The number of benzene rings is 2. The van der Waals surface area contributed by atoms with Crippen molar-refractivity contribution in [2.45, 2.75) is 26.8 Å². The molecule has 5 heteroatoms. The molecule has 2 aromatic rings. The largest absolute Gasteiger partial charge is 0.482 e. The summed E-state index contributed by atoms with van der Waals surface area (Å²) in [5.41, 5.74) is 4.27. The number of rotatable bonds is 7. The van der Waals surface area contributed by atoms with Crippen LogP contribution in [0.4, 0.5) is 0 Å². The zero-order valence-electron chi connectivity index (χ0n) is 14.8. The van der Waals surface area contributed by atoms with Crippen LogP contribution in [0.3, 0.4) is 0 Å². The molecule has 5 nitrogen and oxygen atoms in total. The summed E-state index contributed by atoms with van der Waals surface area (Å²) in [6.45, 7) is 4.15. The second-order valence-corrected chi connectivity index (χ2v) is 6.18. The number of carboxylic acids is 1. The number of carbonyl (C=O) groups excluding carboxylic acids is 1. The Hall–Kier alpha value is -2.82. The van der Waals surface area contributed by atoms with Crippen molar-refractivity contribution in [3.8, 4) is 5.75 Å². The van der Waals surface area contributed by atoms with E-state index < -0.39 is 5.97 Å². The van der Waals surface area contributed by atoms with E-state index in [1.807, 2.05) is 38.1 Å². The highest BCUT2D eigenvalue weighted by Crippen LogP contribution is 2.15. The number of ether oxygens (including phenoxy) is 1. The number of aliphatic carboxylic acids is 1. The molecule has 0 aliphatic heterocycles. The van der Waals surface area contributed by atoms with Crippen molar-refractivity contribution < 1.29 is 19.4 Å². The van der Waals surface area contributed by atoms with Gasteiger partial charge in [0.25, 0.3) is 0 Å². The second kappa shape index (κ2) is 8.33. The number of hydrogen-bond acceptors (Lipinski definition) is 3. The first-order chi connectivity index (χ1) is 11.8. The Morgan fingerprint density at radius 1 is 1.08 bits per heavy atom. The highest BCUT2D eigenvalue weighted by atomic mass is 16.5. The fourth-order valence-corrected chi connectivity index (χ4v) is 2.49. The van der Waals surface area contributed by atoms with E-state index in [-0.39, 0.29) is 12.5 Å². The lowest BCUT2D eigenvalue weighted by atomic mass is 10.0. The van der Waals surface area contributed by atoms with Crippen molar-refractivity contribution in [1.82, 2.24) is 4.90 Å². The van der Waals surface area contributed by atoms with Crippen LogP contribution in [0.2, 0.25) is 0 Å². The number of carboxylic acid groups (broad SMARTS) is 1. The summed E-state index contributed by atoms with van der Waals surface area (Å²) in [4.78, 5) is 24.6. The summed E-state index contributed by atoms with van der Waals surface area (Å²) in [7, 11) is 1.78.